The van der Waals surface area contributed by atoms with Crippen LogP contribution in [0.15, 0.2) is 48.5 Å². The van der Waals surface area contributed by atoms with E-state index >= 15 is 0 Å². The fourth-order valence-corrected chi connectivity index (χ4v) is 4.24. The number of aryl methyl sites for hydroxylation is 1. The molecule has 0 bridgehead atoms. The highest BCUT2D eigenvalue weighted by Crippen LogP contribution is 2.18. The summed E-state index contributed by atoms with van der Waals surface area (Å²) in [6, 6.07) is 14.1. The summed E-state index contributed by atoms with van der Waals surface area (Å²) in [6.07, 6.45) is 0. The van der Waals surface area contributed by atoms with Crippen LogP contribution >= 0.6 is 0 Å². The van der Waals surface area contributed by atoms with Crippen LogP contribution in [0, 0.1) is 24.1 Å². The van der Waals surface area contributed by atoms with E-state index in [0.29, 0.717) is 5.56 Å². The van der Waals surface area contributed by atoms with Gasteiger partial charge in [0.2, 0.25) is 5.91 Å². The average Bonchev–Trinajstić information content (AvgIpc) is 2.70. The number of halogens is 1. The fourth-order valence-electron chi connectivity index (χ4n) is 2.64. The quantitative estimate of drug-likeness (QED) is 0.631. The third-order valence-corrected chi connectivity index (χ3v) is 6.14. The molecule has 0 aromatic heterocycles. The molecule has 1 atom stereocenters. The molecule has 0 heterocycles. The second kappa shape index (κ2) is 9.80. The van der Waals surface area contributed by atoms with Gasteiger partial charge in [-0.15, -0.1) is 0 Å². The first-order valence-electron chi connectivity index (χ1n) is 8.69. The molecule has 152 valence electrons. The fraction of sp³-hybridized carbons (Fsp3) is 0.250. The van der Waals surface area contributed by atoms with E-state index in [0.717, 1.165) is 0 Å². The Kier molecular flexibility index (Phi) is 7.45. The first-order valence-corrected chi connectivity index (χ1v) is 10.4. The summed E-state index contributed by atoms with van der Waals surface area (Å²) >= 11 is 0. The highest BCUT2D eigenvalue weighted by Gasteiger charge is 2.33. The molecule has 7 nitrogen and oxygen atoms in total. The van der Waals surface area contributed by atoms with Crippen molar-refractivity contribution in [2.75, 3.05) is 13.1 Å². The third kappa shape index (κ3) is 5.86. The highest BCUT2D eigenvalue weighted by atomic mass is 32.2. The molecule has 0 saturated carbocycles. The molecular weight excluding hydrogens is 397 g/mol. The Morgan fingerprint density at radius 2 is 1.79 bits per heavy atom. The van der Waals surface area contributed by atoms with Crippen molar-refractivity contribution in [1.29, 1.82) is 5.26 Å². The van der Waals surface area contributed by atoms with E-state index in [1.807, 2.05) is 0 Å². The Balaban J connectivity index is 2.24. The number of rotatable bonds is 8. The standard InChI is InChI=1S/C20H20FN3O4S/c1-14-6-5-9-16(18(14)21)13-29(27,28)17(20(26)23-11-10-22)12-24-19(25)15-7-3-2-4-8-15/h2-9,17H,11-13H2,1H3,(H,23,26)(H,24,25). The molecule has 0 aliphatic heterocycles. The molecule has 29 heavy (non-hydrogen) atoms. The van der Waals surface area contributed by atoms with Gasteiger partial charge in [0.05, 0.1) is 11.8 Å². The van der Waals surface area contributed by atoms with E-state index in [1.54, 1.807) is 24.3 Å². The van der Waals surface area contributed by atoms with Gasteiger partial charge in [-0.05, 0) is 24.6 Å². The summed E-state index contributed by atoms with van der Waals surface area (Å²) in [5, 5.41) is 11.6. The Morgan fingerprint density at radius 1 is 1.10 bits per heavy atom. The summed E-state index contributed by atoms with van der Waals surface area (Å²) in [5.41, 5.74) is 0.504. The van der Waals surface area contributed by atoms with Crippen LogP contribution in [-0.4, -0.2) is 38.6 Å². The lowest BCUT2D eigenvalue weighted by Crippen LogP contribution is -2.47. The summed E-state index contributed by atoms with van der Waals surface area (Å²) in [6.45, 7) is 0.597. The van der Waals surface area contributed by atoms with Gasteiger partial charge in [0.25, 0.3) is 5.91 Å². The molecule has 9 heteroatoms. The number of amides is 2. The average molecular weight is 417 g/mol. The largest absolute Gasteiger partial charge is 0.350 e. The number of nitrogens with zero attached hydrogens (tertiary/aromatic N) is 1. The second-order valence-electron chi connectivity index (χ2n) is 6.30. The van der Waals surface area contributed by atoms with Crippen molar-refractivity contribution in [1.82, 2.24) is 10.6 Å². The van der Waals surface area contributed by atoms with Gasteiger partial charge >= 0.3 is 0 Å². The lowest BCUT2D eigenvalue weighted by molar-refractivity contribution is -0.120. The van der Waals surface area contributed by atoms with Crippen molar-refractivity contribution < 1.29 is 22.4 Å². The minimum absolute atomic E-state index is 0.0718. The normalized spacial score (nSPS) is 11.9. The molecule has 2 N–H and O–H groups in total. The van der Waals surface area contributed by atoms with E-state index < -0.39 is 51.6 Å². The third-order valence-electron chi connectivity index (χ3n) is 4.18. The molecule has 2 aromatic rings. The van der Waals surface area contributed by atoms with Gasteiger partial charge in [0.15, 0.2) is 15.1 Å². The molecule has 0 spiro atoms. The van der Waals surface area contributed by atoms with Gasteiger partial charge in [0, 0.05) is 17.7 Å². The van der Waals surface area contributed by atoms with Gasteiger partial charge in [-0.2, -0.15) is 5.26 Å². The number of sulfone groups is 1. The Morgan fingerprint density at radius 3 is 2.45 bits per heavy atom. The number of nitrogens with one attached hydrogen (secondary N) is 2. The number of carbonyl (C=O) groups is 2. The van der Waals surface area contributed by atoms with Gasteiger partial charge in [-0.25, -0.2) is 12.8 Å². The maximum atomic E-state index is 14.3. The lowest BCUT2D eigenvalue weighted by Gasteiger charge is -2.18. The van der Waals surface area contributed by atoms with E-state index in [9.17, 15) is 22.4 Å². The monoisotopic (exact) mass is 417 g/mol. The van der Waals surface area contributed by atoms with Crippen LogP contribution in [0.25, 0.3) is 0 Å². The van der Waals surface area contributed by atoms with Crippen molar-refractivity contribution in [3.05, 3.63) is 71.0 Å². The highest BCUT2D eigenvalue weighted by molar-refractivity contribution is 7.92. The second-order valence-corrected chi connectivity index (χ2v) is 8.48. The smallest absolute Gasteiger partial charge is 0.251 e. The molecule has 0 saturated heterocycles. The van der Waals surface area contributed by atoms with Crippen LogP contribution in [-0.2, 0) is 20.4 Å². The van der Waals surface area contributed by atoms with Crippen molar-refractivity contribution in [3.63, 3.8) is 0 Å². The summed E-state index contributed by atoms with van der Waals surface area (Å²) < 4.78 is 40.0. The van der Waals surface area contributed by atoms with Crippen molar-refractivity contribution >= 4 is 21.7 Å². The van der Waals surface area contributed by atoms with Gasteiger partial charge in [-0.3, -0.25) is 9.59 Å². The predicted molar refractivity (Wildman–Crippen MR) is 105 cm³/mol. The van der Waals surface area contributed by atoms with E-state index in [4.69, 9.17) is 5.26 Å². The molecule has 2 amide bonds. The van der Waals surface area contributed by atoms with Gasteiger partial charge in [-0.1, -0.05) is 36.4 Å². The first-order chi connectivity index (χ1) is 13.8. The number of hydrogen-bond donors (Lipinski definition) is 2. The van der Waals surface area contributed by atoms with E-state index in [1.165, 1.54) is 37.3 Å². The van der Waals surface area contributed by atoms with Gasteiger partial charge < -0.3 is 10.6 Å². The maximum Gasteiger partial charge on any atom is 0.251 e. The molecule has 2 rings (SSSR count). The summed E-state index contributed by atoms with van der Waals surface area (Å²) in [5.74, 6) is -2.87. The van der Waals surface area contributed by atoms with Crippen LogP contribution in [0.1, 0.15) is 21.5 Å². The summed E-state index contributed by atoms with van der Waals surface area (Å²) in [7, 11) is -4.20. The van der Waals surface area contributed by atoms with Crippen LogP contribution in [0.5, 0.6) is 0 Å². The zero-order chi connectivity index (χ0) is 21.4. The minimum atomic E-state index is -4.20. The SMILES string of the molecule is Cc1cccc(CS(=O)(=O)C(CNC(=O)c2ccccc2)C(=O)NCC#N)c1F. The molecule has 0 radical (unpaired) electrons. The molecular formula is C20H20FN3O4S. The zero-order valence-corrected chi connectivity index (χ0v) is 16.5. The lowest BCUT2D eigenvalue weighted by atomic mass is 10.1. The topological polar surface area (TPSA) is 116 Å². The van der Waals surface area contributed by atoms with E-state index in [-0.39, 0.29) is 11.1 Å². The number of nitriles is 1. The zero-order valence-electron chi connectivity index (χ0n) is 15.7. The van der Waals surface area contributed by atoms with Crippen LogP contribution in [0.2, 0.25) is 0 Å². The number of carbonyl (C=O) groups excluding carboxylic acids is 2. The molecule has 0 aliphatic rings. The van der Waals surface area contributed by atoms with Crippen LogP contribution in [0.4, 0.5) is 4.39 Å². The molecule has 1 unspecified atom stereocenters. The first kappa shape index (κ1) is 22.0. The van der Waals surface area contributed by atoms with E-state index in [2.05, 4.69) is 10.6 Å². The van der Waals surface area contributed by atoms with Gasteiger partial charge in [0.1, 0.15) is 12.4 Å². The Hall–Kier alpha value is -3.25. The Labute approximate surface area is 168 Å². The van der Waals surface area contributed by atoms with Crippen molar-refractivity contribution in [2.24, 2.45) is 0 Å². The van der Waals surface area contributed by atoms with Crippen molar-refractivity contribution in [3.8, 4) is 6.07 Å². The maximum absolute atomic E-state index is 14.3. The molecule has 2 aromatic carbocycles. The number of benzene rings is 2. The van der Waals surface area contributed by atoms with Crippen LogP contribution in [0.3, 0.4) is 0 Å². The molecule has 0 fully saturated rings. The molecule has 0 aliphatic carbocycles. The number of hydrogen-bond acceptors (Lipinski definition) is 5. The summed E-state index contributed by atoms with van der Waals surface area (Å²) in [4.78, 5) is 24.6. The van der Waals surface area contributed by atoms with Crippen molar-refractivity contribution in [2.45, 2.75) is 17.9 Å². The predicted octanol–water partition coefficient (Wildman–Crippen LogP) is 1.49. The minimum Gasteiger partial charge on any atom is -0.350 e. The van der Waals surface area contributed by atoms with Crippen LogP contribution < -0.4 is 10.6 Å². The Bertz CT molecular complexity index is 1030.